The number of hydrogen-bond acceptors (Lipinski definition) is 3. The number of carbonyl (C=O) groups is 1. The first-order valence-electron chi connectivity index (χ1n) is 6.79. The summed E-state index contributed by atoms with van der Waals surface area (Å²) < 4.78 is 0.941. The van der Waals surface area contributed by atoms with Crippen molar-refractivity contribution in [3.63, 3.8) is 0 Å². The van der Waals surface area contributed by atoms with Gasteiger partial charge in [0, 0.05) is 33.0 Å². The topological polar surface area (TPSA) is 33.2 Å². The van der Waals surface area contributed by atoms with Gasteiger partial charge in [-0.25, -0.2) is 4.98 Å². The average Bonchev–Trinajstić information content (AvgIpc) is 3.05. The monoisotopic (exact) mass is 406 g/mol. The number of anilines is 1. The van der Waals surface area contributed by atoms with Crippen LogP contribution >= 0.6 is 38.9 Å². The van der Waals surface area contributed by atoms with Gasteiger partial charge >= 0.3 is 0 Å². The molecule has 0 saturated heterocycles. The molecule has 1 amide bonds. The largest absolute Gasteiger partial charge is 0.287 e. The average molecular weight is 408 g/mol. The molecule has 6 heteroatoms. The van der Waals surface area contributed by atoms with Gasteiger partial charge in [0.25, 0.3) is 5.91 Å². The highest BCUT2D eigenvalue weighted by Gasteiger charge is 2.17. The van der Waals surface area contributed by atoms with E-state index < -0.39 is 0 Å². The quantitative estimate of drug-likeness (QED) is 0.574. The molecule has 23 heavy (non-hydrogen) atoms. The number of amides is 1. The Kier molecular flexibility index (Phi) is 4.80. The highest BCUT2D eigenvalue weighted by molar-refractivity contribution is 9.10. The molecule has 0 fully saturated rings. The standard InChI is InChI=1S/C17H12BrClN2OS/c1-21(16(22)12-2-6-13(18)7-3-12)17-20-15(10-23-17)11-4-8-14(19)9-5-11/h2-10H,1H3. The number of halogens is 2. The summed E-state index contributed by atoms with van der Waals surface area (Å²) in [6, 6.07) is 14.8. The summed E-state index contributed by atoms with van der Waals surface area (Å²) in [4.78, 5) is 18.6. The molecule has 116 valence electrons. The molecule has 3 nitrogen and oxygen atoms in total. The molecule has 1 heterocycles. The van der Waals surface area contributed by atoms with E-state index in [9.17, 15) is 4.79 Å². The van der Waals surface area contributed by atoms with Crippen molar-refractivity contribution >= 4 is 49.9 Å². The minimum Gasteiger partial charge on any atom is -0.287 e. The molecule has 0 spiro atoms. The van der Waals surface area contributed by atoms with Gasteiger partial charge in [-0.05, 0) is 36.4 Å². The van der Waals surface area contributed by atoms with Gasteiger partial charge in [0.1, 0.15) is 0 Å². The van der Waals surface area contributed by atoms with E-state index in [1.165, 1.54) is 11.3 Å². The molecule has 0 N–H and O–H groups in total. The van der Waals surface area contributed by atoms with Crippen LogP contribution in [0.5, 0.6) is 0 Å². The van der Waals surface area contributed by atoms with Gasteiger partial charge in [-0.3, -0.25) is 9.69 Å². The van der Waals surface area contributed by atoms with Gasteiger partial charge in [0.05, 0.1) is 5.69 Å². The Morgan fingerprint density at radius 1 is 1.13 bits per heavy atom. The lowest BCUT2D eigenvalue weighted by atomic mass is 10.2. The summed E-state index contributed by atoms with van der Waals surface area (Å²) in [5.74, 6) is -0.0884. The van der Waals surface area contributed by atoms with Gasteiger partial charge in [-0.1, -0.05) is 39.7 Å². The molecule has 0 aliphatic rings. The maximum atomic E-state index is 12.5. The zero-order valence-electron chi connectivity index (χ0n) is 12.2. The van der Waals surface area contributed by atoms with E-state index in [-0.39, 0.29) is 5.91 Å². The molecule has 2 aromatic carbocycles. The van der Waals surface area contributed by atoms with Crippen LogP contribution in [0, 0.1) is 0 Å². The third kappa shape index (κ3) is 3.63. The van der Waals surface area contributed by atoms with Gasteiger partial charge < -0.3 is 0 Å². The molecule has 0 radical (unpaired) electrons. The first-order valence-corrected chi connectivity index (χ1v) is 8.85. The number of aromatic nitrogens is 1. The summed E-state index contributed by atoms with van der Waals surface area (Å²) in [5.41, 5.74) is 2.43. The molecule has 0 saturated carbocycles. The van der Waals surface area contributed by atoms with Crippen LogP contribution < -0.4 is 4.90 Å². The van der Waals surface area contributed by atoms with Gasteiger partial charge in [0.15, 0.2) is 5.13 Å². The van der Waals surface area contributed by atoms with E-state index in [1.54, 1.807) is 24.1 Å². The number of thiazole rings is 1. The van der Waals surface area contributed by atoms with Gasteiger partial charge in [0.2, 0.25) is 0 Å². The Hall–Kier alpha value is -1.69. The first kappa shape index (κ1) is 16.2. The second-order valence-electron chi connectivity index (χ2n) is 4.89. The predicted molar refractivity (Wildman–Crippen MR) is 99.4 cm³/mol. The lowest BCUT2D eigenvalue weighted by Crippen LogP contribution is -2.25. The summed E-state index contributed by atoms with van der Waals surface area (Å²) >= 11 is 10.7. The summed E-state index contributed by atoms with van der Waals surface area (Å²) in [6.07, 6.45) is 0. The summed E-state index contributed by atoms with van der Waals surface area (Å²) in [6.45, 7) is 0. The van der Waals surface area contributed by atoms with Crippen LogP contribution in [0.4, 0.5) is 5.13 Å². The first-order chi connectivity index (χ1) is 11.0. The molecule has 0 unspecified atom stereocenters. The Balaban J connectivity index is 1.83. The van der Waals surface area contributed by atoms with Gasteiger partial charge in [-0.15, -0.1) is 11.3 Å². The van der Waals surface area contributed by atoms with E-state index in [2.05, 4.69) is 20.9 Å². The Bertz CT molecular complexity index is 831. The predicted octanol–water partition coefficient (Wildman–Crippen LogP) is 5.50. The highest BCUT2D eigenvalue weighted by atomic mass is 79.9. The minimum absolute atomic E-state index is 0.0884. The Labute approximate surface area is 151 Å². The van der Waals surface area contributed by atoms with Crippen LogP contribution in [-0.4, -0.2) is 17.9 Å². The zero-order valence-corrected chi connectivity index (χ0v) is 15.3. The fourth-order valence-electron chi connectivity index (χ4n) is 2.04. The van der Waals surface area contributed by atoms with Crippen LogP contribution in [0.1, 0.15) is 10.4 Å². The minimum atomic E-state index is -0.0884. The SMILES string of the molecule is CN(C(=O)c1ccc(Br)cc1)c1nc(-c2ccc(Cl)cc2)cs1. The molecule has 1 aromatic heterocycles. The van der Waals surface area contributed by atoms with Crippen LogP contribution in [0.3, 0.4) is 0 Å². The molecule has 3 rings (SSSR count). The summed E-state index contributed by atoms with van der Waals surface area (Å²) in [5, 5.41) is 3.28. The number of carbonyl (C=O) groups excluding carboxylic acids is 1. The molecule has 0 bridgehead atoms. The lowest BCUT2D eigenvalue weighted by Gasteiger charge is -2.13. The van der Waals surface area contributed by atoms with Crippen LogP contribution in [0.25, 0.3) is 11.3 Å². The van der Waals surface area contributed by atoms with E-state index in [0.717, 1.165) is 15.7 Å². The summed E-state index contributed by atoms with van der Waals surface area (Å²) in [7, 11) is 1.73. The van der Waals surface area contributed by atoms with E-state index >= 15 is 0 Å². The third-order valence-electron chi connectivity index (χ3n) is 3.31. The second kappa shape index (κ2) is 6.83. The van der Waals surface area contributed by atoms with Crippen LogP contribution in [-0.2, 0) is 0 Å². The molecule has 0 atom stereocenters. The smallest absolute Gasteiger partial charge is 0.259 e. The van der Waals surface area contributed by atoms with Crippen molar-refractivity contribution in [3.05, 3.63) is 69.0 Å². The number of nitrogens with zero attached hydrogens (tertiary/aromatic N) is 2. The van der Waals surface area contributed by atoms with Crippen molar-refractivity contribution in [1.82, 2.24) is 4.98 Å². The Morgan fingerprint density at radius 2 is 1.78 bits per heavy atom. The van der Waals surface area contributed by atoms with E-state index in [4.69, 9.17) is 11.6 Å². The van der Waals surface area contributed by atoms with E-state index in [1.807, 2.05) is 41.8 Å². The molecular weight excluding hydrogens is 396 g/mol. The molecule has 0 aliphatic carbocycles. The number of benzene rings is 2. The number of hydrogen-bond donors (Lipinski definition) is 0. The zero-order chi connectivity index (χ0) is 16.4. The van der Waals surface area contributed by atoms with Crippen LogP contribution in [0.15, 0.2) is 58.4 Å². The maximum absolute atomic E-state index is 12.5. The molecule has 3 aromatic rings. The van der Waals surface area contributed by atoms with Crippen molar-refractivity contribution in [1.29, 1.82) is 0 Å². The van der Waals surface area contributed by atoms with E-state index in [0.29, 0.717) is 15.7 Å². The highest BCUT2D eigenvalue weighted by Crippen LogP contribution is 2.28. The second-order valence-corrected chi connectivity index (χ2v) is 7.08. The van der Waals surface area contributed by atoms with Gasteiger partial charge in [-0.2, -0.15) is 0 Å². The van der Waals surface area contributed by atoms with Crippen molar-refractivity contribution in [2.75, 3.05) is 11.9 Å². The Morgan fingerprint density at radius 3 is 2.43 bits per heavy atom. The maximum Gasteiger partial charge on any atom is 0.259 e. The van der Waals surface area contributed by atoms with Crippen molar-refractivity contribution in [2.24, 2.45) is 0 Å². The normalized spacial score (nSPS) is 10.6. The lowest BCUT2D eigenvalue weighted by molar-refractivity contribution is 0.0993. The molecule has 0 aliphatic heterocycles. The van der Waals surface area contributed by atoms with Crippen LogP contribution in [0.2, 0.25) is 5.02 Å². The molecular formula is C17H12BrClN2OS. The van der Waals surface area contributed by atoms with Crippen molar-refractivity contribution < 1.29 is 4.79 Å². The fourth-order valence-corrected chi connectivity index (χ4v) is 3.23. The third-order valence-corrected chi connectivity index (χ3v) is 5.01. The number of rotatable bonds is 3. The van der Waals surface area contributed by atoms with Crippen molar-refractivity contribution in [3.8, 4) is 11.3 Å². The van der Waals surface area contributed by atoms with Crippen molar-refractivity contribution in [2.45, 2.75) is 0 Å². The fraction of sp³-hybridized carbons (Fsp3) is 0.0588.